The summed E-state index contributed by atoms with van der Waals surface area (Å²) >= 11 is 7.22. The van der Waals surface area contributed by atoms with Crippen molar-refractivity contribution in [1.29, 1.82) is 0 Å². The Morgan fingerprint density at radius 2 is 2.25 bits per heavy atom. The lowest BCUT2D eigenvalue weighted by Crippen LogP contribution is -2.27. The van der Waals surface area contributed by atoms with E-state index >= 15 is 0 Å². The van der Waals surface area contributed by atoms with E-state index in [9.17, 15) is 8.42 Å². The van der Waals surface area contributed by atoms with E-state index in [1.807, 2.05) is 6.07 Å². The minimum absolute atomic E-state index is 0.122. The fourth-order valence-electron chi connectivity index (χ4n) is 1.74. The molecule has 0 amide bonds. The zero-order valence-corrected chi connectivity index (χ0v) is 13.4. The molecule has 0 fully saturated rings. The highest BCUT2D eigenvalue weighted by Crippen LogP contribution is 2.25. The molecule has 0 aromatic carbocycles. The molecule has 110 valence electrons. The van der Waals surface area contributed by atoms with Crippen LogP contribution in [0.3, 0.4) is 0 Å². The third kappa shape index (κ3) is 3.21. The van der Waals surface area contributed by atoms with Gasteiger partial charge in [-0.3, -0.25) is 5.10 Å². The minimum Gasteiger partial charge on any atom is -0.316 e. The molecule has 0 saturated heterocycles. The van der Waals surface area contributed by atoms with Gasteiger partial charge in [-0.15, -0.1) is 11.3 Å². The van der Waals surface area contributed by atoms with Gasteiger partial charge in [-0.25, -0.2) is 8.42 Å². The molecule has 2 rings (SSSR count). The minimum atomic E-state index is -3.60. The van der Waals surface area contributed by atoms with E-state index in [2.05, 4.69) is 15.5 Å². The van der Waals surface area contributed by atoms with Crippen molar-refractivity contribution in [2.24, 2.45) is 0 Å². The largest absolute Gasteiger partial charge is 0.316 e. The van der Waals surface area contributed by atoms with Crippen LogP contribution >= 0.6 is 22.9 Å². The average molecular weight is 335 g/mol. The first-order valence-electron chi connectivity index (χ1n) is 5.82. The fraction of sp³-hybridized carbons (Fsp3) is 0.364. The Bertz CT molecular complexity index is 680. The molecule has 0 radical (unpaired) electrons. The number of sulfonamides is 1. The molecule has 0 saturated carbocycles. The predicted octanol–water partition coefficient (Wildman–Crippen LogP) is 1.66. The summed E-state index contributed by atoms with van der Waals surface area (Å²) in [6.45, 7) is 0.710. The first kappa shape index (κ1) is 15.5. The van der Waals surface area contributed by atoms with Gasteiger partial charge in [0.15, 0.2) is 5.03 Å². The number of nitrogens with zero attached hydrogens (tertiary/aromatic N) is 2. The Hall–Kier alpha value is -0.930. The number of thiophene rings is 1. The predicted molar refractivity (Wildman–Crippen MR) is 79.3 cm³/mol. The maximum Gasteiger partial charge on any atom is 0.260 e. The van der Waals surface area contributed by atoms with Gasteiger partial charge in [0.1, 0.15) is 0 Å². The molecular formula is C11H15ClN4O2S2. The number of halogens is 1. The van der Waals surface area contributed by atoms with E-state index in [0.29, 0.717) is 16.4 Å². The Morgan fingerprint density at radius 3 is 2.85 bits per heavy atom. The molecule has 0 aliphatic heterocycles. The molecular weight excluding hydrogens is 320 g/mol. The molecule has 0 aliphatic carbocycles. The lowest BCUT2D eigenvalue weighted by Gasteiger charge is -2.16. The Kier molecular flexibility index (Phi) is 4.82. The van der Waals surface area contributed by atoms with Crippen LogP contribution in [0.4, 0.5) is 0 Å². The molecule has 2 heterocycles. The van der Waals surface area contributed by atoms with Crippen LogP contribution in [0.15, 0.2) is 23.4 Å². The second-order valence-electron chi connectivity index (χ2n) is 4.22. The van der Waals surface area contributed by atoms with Gasteiger partial charge >= 0.3 is 0 Å². The van der Waals surface area contributed by atoms with Crippen LogP contribution < -0.4 is 5.32 Å². The topological polar surface area (TPSA) is 78.1 Å². The summed E-state index contributed by atoms with van der Waals surface area (Å²) in [6.07, 6.45) is 1.51. The van der Waals surface area contributed by atoms with Crippen molar-refractivity contribution in [3.63, 3.8) is 0 Å². The van der Waals surface area contributed by atoms with Gasteiger partial charge in [-0.1, -0.05) is 11.6 Å². The summed E-state index contributed by atoms with van der Waals surface area (Å²) in [5.74, 6) is 0. The zero-order chi connectivity index (χ0) is 14.8. The average Bonchev–Trinajstić information content (AvgIpc) is 2.99. The summed E-state index contributed by atoms with van der Waals surface area (Å²) in [6, 6.07) is 3.57. The van der Waals surface area contributed by atoms with E-state index in [1.54, 1.807) is 13.1 Å². The SMILES string of the molecule is CNCc1cn[nH]c1S(=O)(=O)N(C)Cc1ccc(Cl)s1. The van der Waals surface area contributed by atoms with E-state index in [-0.39, 0.29) is 11.6 Å². The van der Waals surface area contributed by atoms with Crippen molar-refractivity contribution < 1.29 is 8.42 Å². The second kappa shape index (κ2) is 6.23. The number of aromatic nitrogens is 2. The zero-order valence-electron chi connectivity index (χ0n) is 11.1. The van der Waals surface area contributed by atoms with E-state index in [1.165, 1.54) is 28.9 Å². The van der Waals surface area contributed by atoms with Crippen molar-refractivity contribution in [2.45, 2.75) is 18.1 Å². The van der Waals surface area contributed by atoms with E-state index in [4.69, 9.17) is 11.6 Å². The molecule has 2 aromatic heterocycles. The van der Waals surface area contributed by atoms with Crippen LogP contribution in [0.1, 0.15) is 10.4 Å². The lowest BCUT2D eigenvalue weighted by atomic mass is 10.4. The molecule has 2 N–H and O–H groups in total. The summed E-state index contributed by atoms with van der Waals surface area (Å²) in [5.41, 5.74) is 0.614. The van der Waals surface area contributed by atoms with E-state index < -0.39 is 10.0 Å². The van der Waals surface area contributed by atoms with Gasteiger partial charge in [0.25, 0.3) is 10.0 Å². The molecule has 20 heavy (non-hydrogen) atoms. The highest BCUT2D eigenvalue weighted by Gasteiger charge is 2.26. The molecule has 9 heteroatoms. The summed E-state index contributed by atoms with van der Waals surface area (Å²) in [4.78, 5) is 0.885. The van der Waals surface area contributed by atoms with Crippen molar-refractivity contribution in [1.82, 2.24) is 19.8 Å². The number of nitrogens with one attached hydrogen (secondary N) is 2. The van der Waals surface area contributed by atoms with Crippen molar-refractivity contribution in [3.05, 3.63) is 33.1 Å². The number of rotatable bonds is 6. The van der Waals surface area contributed by atoms with Crippen LogP contribution in [0.2, 0.25) is 4.34 Å². The Labute approximate surface area is 126 Å². The van der Waals surface area contributed by atoms with Crippen LogP contribution in [-0.4, -0.2) is 37.0 Å². The summed E-state index contributed by atoms with van der Waals surface area (Å²) in [5, 5.41) is 9.41. The van der Waals surface area contributed by atoms with Crippen LogP contribution in [0.25, 0.3) is 0 Å². The maximum absolute atomic E-state index is 12.5. The van der Waals surface area contributed by atoms with Gasteiger partial charge < -0.3 is 5.32 Å². The third-order valence-corrected chi connectivity index (χ3v) is 5.76. The van der Waals surface area contributed by atoms with E-state index in [0.717, 1.165) is 4.88 Å². The maximum atomic E-state index is 12.5. The lowest BCUT2D eigenvalue weighted by molar-refractivity contribution is 0.465. The van der Waals surface area contributed by atoms with Crippen molar-refractivity contribution in [2.75, 3.05) is 14.1 Å². The summed E-state index contributed by atoms with van der Waals surface area (Å²) in [7, 11) is -0.313. The highest BCUT2D eigenvalue weighted by molar-refractivity contribution is 7.89. The second-order valence-corrected chi connectivity index (χ2v) is 8.00. The van der Waals surface area contributed by atoms with Gasteiger partial charge in [0, 0.05) is 30.6 Å². The first-order chi connectivity index (χ1) is 9.45. The number of aromatic amines is 1. The third-order valence-electron chi connectivity index (χ3n) is 2.72. The smallest absolute Gasteiger partial charge is 0.260 e. The van der Waals surface area contributed by atoms with Gasteiger partial charge in [-0.05, 0) is 19.2 Å². The number of hydrogen-bond donors (Lipinski definition) is 2. The molecule has 0 unspecified atom stereocenters. The van der Waals surface area contributed by atoms with Gasteiger partial charge in [0.05, 0.1) is 10.5 Å². The molecule has 0 atom stereocenters. The van der Waals surface area contributed by atoms with Crippen molar-refractivity contribution >= 4 is 33.0 Å². The van der Waals surface area contributed by atoms with Crippen molar-refractivity contribution in [3.8, 4) is 0 Å². The number of hydrogen-bond acceptors (Lipinski definition) is 5. The van der Waals surface area contributed by atoms with Crippen LogP contribution in [0, 0.1) is 0 Å². The molecule has 0 aliphatic rings. The first-order valence-corrected chi connectivity index (χ1v) is 8.46. The molecule has 2 aromatic rings. The Balaban J connectivity index is 2.22. The van der Waals surface area contributed by atoms with Gasteiger partial charge in [-0.2, -0.15) is 9.40 Å². The molecule has 0 spiro atoms. The number of H-pyrrole nitrogens is 1. The standard InChI is InChI=1S/C11H15ClN4O2S2/c1-13-5-8-6-14-15-11(8)20(17,18)16(2)7-9-3-4-10(12)19-9/h3-4,6,13H,5,7H2,1-2H3,(H,14,15). The van der Waals surface area contributed by atoms with Gasteiger partial charge in [0.2, 0.25) is 0 Å². The summed E-state index contributed by atoms with van der Waals surface area (Å²) < 4.78 is 26.9. The Morgan fingerprint density at radius 1 is 1.50 bits per heavy atom. The monoisotopic (exact) mass is 334 g/mol. The van der Waals surface area contributed by atoms with Crippen LogP contribution in [0.5, 0.6) is 0 Å². The molecule has 0 bridgehead atoms. The fourth-order valence-corrected chi connectivity index (χ4v) is 4.20. The highest BCUT2D eigenvalue weighted by atomic mass is 35.5. The normalized spacial score (nSPS) is 12.2. The quantitative estimate of drug-likeness (QED) is 0.842. The molecule has 6 nitrogen and oxygen atoms in total. The van der Waals surface area contributed by atoms with Crippen LogP contribution in [-0.2, 0) is 23.1 Å².